The number of rotatable bonds is 1. The number of aryl methyl sites for hydroxylation is 1. The Bertz CT molecular complexity index is 846. The fourth-order valence-electron chi connectivity index (χ4n) is 2.99. The Morgan fingerprint density at radius 3 is 2.90 bits per heavy atom. The Morgan fingerprint density at radius 2 is 2.05 bits per heavy atom. The summed E-state index contributed by atoms with van der Waals surface area (Å²) in [6.07, 6.45) is 4.10. The van der Waals surface area contributed by atoms with Gasteiger partial charge in [-0.2, -0.15) is 9.78 Å². The number of thiophene rings is 1. The van der Waals surface area contributed by atoms with Crippen molar-refractivity contribution >= 4 is 33.1 Å². The van der Waals surface area contributed by atoms with E-state index in [1.54, 1.807) is 11.3 Å². The number of hydrogen-bond acceptors (Lipinski definition) is 4. The molecule has 4 nitrogen and oxygen atoms in total. The molecule has 3 aromatic rings. The fraction of sp³-hybridized carbons (Fsp3) is 0.250. The summed E-state index contributed by atoms with van der Waals surface area (Å²) in [6, 6.07) is 7.92. The van der Waals surface area contributed by atoms with E-state index in [4.69, 9.17) is 5.73 Å². The first kappa shape index (κ1) is 12.6. The minimum atomic E-state index is -0.126. The molecule has 1 aliphatic rings. The van der Waals surface area contributed by atoms with Crippen LogP contribution in [-0.2, 0) is 12.8 Å². The van der Waals surface area contributed by atoms with Crippen LogP contribution in [0.4, 0.5) is 5.82 Å². The van der Waals surface area contributed by atoms with Crippen molar-refractivity contribution in [3.8, 4) is 0 Å². The van der Waals surface area contributed by atoms with E-state index in [9.17, 15) is 4.79 Å². The summed E-state index contributed by atoms with van der Waals surface area (Å²) >= 11 is 1.57. The molecule has 0 amide bonds. The molecule has 1 aromatic carbocycles. The highest BCUT2D eigenvalue weighted by Crippen LogP contribution is 2.29. The molecular weight excluding hydrogens is 282 g/mol. The Hall–Kier alpha value is -2.14. The van der Waals surface area contributed by atoms with Crippen molar-refractivity contribution < 1.29 is 4.79 Å². The average Bonchev–Trinajstić information content (AvgIpc) is 3.09. The summed E-state index contributed by atoms with van der Waals surface area (Å²) in [4.78, 5) is 12.8. The Kier molecular flexibility index (Phi) is 2.82. The lowest BCUT2D eigenvalue weighted by Crippen LogP contribution is -2.16. The van der Waals surface area contributed by atoms with Gasteiger partial charge in [-0.3, -0.25) is 4.79 Å². The summed E-state index contributed by atoms with van der Waals surface area (Å²) in [7, 11) is 0. The maximum Gasteiger partial charge on any atom is 0.281 e. The minimum Gasteiger partial charge on any atom is -0.383 e. The lowest BCUT2D eigenvalue weighted by molar-refractivity contribution is 0.0949. The molecule has 0 spiro atoms. The molecule has 2 aromatic heterocycles. The second-order valence-electron chi connectivity index (χ2n) is 5.38. The van der Waals surface area contributed by atoms with Crippen LogP contribution < -0.4 is 5.73 Å². The quantitative estimate of drug-likeness (QED) is 0.750. The number of aromatic nitrogens is 2. The lowest BCUT2D eigenvalue weighted by atomic mass is 9.98. The van der Waals surface area contributed by atoms with Gasteiger partial charge in [0.1, 0.15) is 5.82 Å². The molecule has 21 heavy (non-hydrogen) atoms. The number of nitrogen functional groups attached to an aromatic ring is 1. The van der Waals surface area contributed by atoms with Crippen LogP contribution in [-0.4, -0.2) is 15.7 Å². The summed E-state index contributed by atoms with van der Waals surface area (Å²) in [5.74, 6) is 0.393. The van der Waals surface area contributed by atoms with Gasteiger partial charge in [-0.25, -0.2) is 0 Å². The number of benzene rings is 1. The maximum atomic E-state index is 12.8. The van der Waals surface area contributed by atoms with Crippen LogP contribution in [0.3, 0.4) is 0 Å². The van der Waals surface area contributed by atoms with Crippen molar-refractivity contribution in [2.45, 2.75) is 25.7 Å². The first-order valence-electron chi connectivity index (χ1n) is 7.13. The first-order valence-corrected chi connectivity index (χ1v) is 8.01. The number of hydrogen-bond donors (Lipinski definition) is 1. The van der Waals surface area contributed by atoms with E-state index < -0.39 is 0 Å². The van der Waals surface area contributed by atoms with Crippen LogP contribution in [0.15, 0.2) is 29.6 Å². The Morgan fingerprint density at radius 1 is 1.24 bits per heavy atom. The van der Waals surface area contributed by atoms with Crippen LogP contribution >= 0.6 is 11.3 Å². The molecule has 0 saturated heterocycles. The van der Waals surface area contributed by atoms with Crippen LogP contribution in [0.2, 0.25) is 0 Å². The predicted octanol–water partition coefficient (Wildman–Crippen LogP) is 3.25. The zero-order chi connectivity index (χ0) is 14.4. The highest BCUT2D eigenvalue weighted by atomic mass is 32.1. The summed E-state index contributed by atoms with van der Waals surface area (Å²) in [6.45, 7) is 0. The van der Waals surface area contributed by atoms with Crippen molar-refractivity contribution in [2.75, 3.05) is 5.73 Å². The zero-order valence-electron chi connectivity index (χ0n) is 11.5. The van der Waals surface area contributed by atoms with Gasteiger partial charge in [0.2, 0.25) is 0 Å². The smallest absolute Gasteiger partial charge is 0.281 e. The van der Waals surface area contributed by atoms with E-state index in [1.165, 1.54) is 4.68 Å². The van der Waals surface area contributed by atoms with Crippen LogP contribution in [0.5, 0.6) is 0 Å². The highest BCUT2D eigenvalue weighted by molar-refractivity contribution is 7.17. The van der Waals surface area contributed by atoms with Gasteiger partial charge in [0.25, 0.3) is 5.91 Å². The monoisotopic (exact) mass is 297 g/mol. The fourth-order valence-corrected chi connectivity index (χ4v) is 3.93. The van der Waals surface area contributed by atoms with Crippen molar-refractivity contribution in [3.63, 3.8) is 0 Å². The van der Waals surface area contributed by atoms with Gasteiger partial charge < -0.3 is 5.73 Å². The molecule has 0 radical (unpaired) electrons. The van der Waals surface area contributed by atoms with Crippen LogP contribution in [0, 0.1) is 0 Å². The third-order valence-electron chi connectivity index (χ3n) is 4.10. The molecule has 0 saturated carbocycles. The van der Waals surface area contributed by atoms with Gasteiger partial charge in [-0.05, 0) is 31.7 Å². The van der Waals surface area contributed by atoms with Crippen molar-refractivity contribution in [3.05, 3.63) is 46.5 Å². The van der Waals surface area contributed by atoms with E-state index >= 15 is 0 Å². The molecule has 0 fully saturated rings. The van der Waals surface area contributed by atoms with Crippen molar-refractivity contribution in [2.24, 2.45) is 0 Å². The molecular formula is C16H15N3OS. The second-order valence-corrected chi connectivity index (χ2v) is 6.29. The number of anilines is 1. The normalized spacial score (nSPS) is 14.3. The Balaban J connectivity index is 1.83. The Labute approximate surface area is 126 Å². The minimum absolute atomic E-state index is 0.126. The standard InChI is InChI=1S/C16H15N3OS/c17-15-11-6-1-3-7-13(11)18-19(15)16(20)12-9-21-14-8-4-2-5-10(12)14/h2,4-5,8-9H,1,3,6-7,17H2. The van der Waals surface area contributed by atoms with E-state index in [0.29, 0.717) is 11.4 Å². The van der Waals surface area contributed by atoms with E-state index in [-0.39, 0.29) is 5.91 Å². The van der Waals surface area contributed by atoms with Gasteiger partial charge in [-0.1, -0.05) is 18.2 Å². The van der Waals surface area contributed by atoms with Crippen LogP contribution in [0.1, 0.15) is 34.5 Å². The van der Waals surface area contributed by atoms with Crippen molar-refractivity contribution in [1.29, 1.82) is 0 Å². The number of nitrogens with two attached hydrogens (primary N) is 1. The van der Waals surface area contributed by atoms with Crippen LogP contribution in [0.25, 0.3) is 10.1 Å². The number of nitrogens with zero attached hydrogens (tertiary/aromatic N) is 2. The third kappa shape index (κ3) is 1.88. The molecule has 106 valence electrons. The van der Waals surface area contributed by atoms with E-state index in [2.05, 4.69) is 5.10 Å². The van der Waals surface area contributed by atoms with E-state index in [1.807, 2.05) is 29.6 Å². The summed E-state index contributed by atoms with van der Waals surface area (Å²) in [5, 5.41) is 7.33. The van der Waals surface area contributed by atoms with Gasteiger partial charge in [0.15, 0.2) is 0 Å². The van der Waals surface area contributed by atoms with Gasteiger partial charge in [0.05, 0.1) is 11.3 Å². The molecule has 2 heterocycles. The molecule has 1 aliphatic carbocycles. The SMILES string of the molecule is Nc1c2c(nn1C(=O)c1csc3ccccc13)CCCC2. The van der Waals surface area contributed by atoms with Gasteiger partial charge in [-0.15, -0.1) is 11.3 Å². The largest absolute Gasteiger partial charge is 0.383 e. The molecule has 2 N–H and O–H groups in total. The number of carbonyl (C=O) groups is 1. The number of fused-ring (bicyclic) bond motifs is 2. The number of carbonyl (C=O) groups excluding carboxylic acids is 1. The summed E-state index contributed by atoms with van der Waals surface area (Å²) < 4.78 is 2.50. The molecule has 5 heteroatoms. The molecule has 0 atom stereocenters. The molecule has 0 unspecified atom stereocenters. The van der Waals surface area contributed by atoms with Crippen molar-refractivity contribution in [1.82, 2.24) is 9.78 Å². The third-order valence-corrected chi connectivity index (χ3v) is 5.06. The van der Waals surface area contributed by atoms with Gasteiger partial charge >= 0.3 is 0 Å². The first-order chi connectivity index (χ1) is 10.3. The topological polar surface area (TPSA) is 60.9 Å². The second kappa shape index (κ2) is 4.70. The maximum absolute atomic E-state index is 12.8. The van der Waals surface area contributed by atoms with Gasteiger partial charge in [0, 0.05) is 21.0 Å². The molecule has 4 rings (SSSR count). The van der Waals surface area contributed by atoms with E-state index in [0.717, 1.165) is 47.0 Å². The highest BCUT2D eigenvalue weighted by Gasteiger charge is 2.23. The molecule has 0 aliphatic heterocycles. The zero-order valence-corrected chi connectivity index (χ0v) is 12.3. The predicted molar refractivity (Wildman–Crippen MR) is 84.8 cm³/mol. The molecule has 0 bridgehead atoms. The summed E-state index contributed by atoms with van der Waals surface area (Å²) in [5.41, 5.74) is 8.90. The average molecular weight is 297 g/mol. The lowest BCUT2D eigenvalue weighted by Gasteiger charge is -2.08.